The molecule has 25 heteroatoms. The zero-order chi connectivity index (χ0) is 51.1. The standard InChI is InChI=1S/C43H75N9O16/c44-29(42(65)66)17-15-16-22-45-35(57)23-47-36(58)24-48-40(63)31(27-53)52-38(60)26-49-41(64)32(28-54)51-37(59)25-46-33(55)21-20-30(43(67)68)50-34(56)18-13-11-9-7-5-3-1-2-4-6-8-10-12-14-19-39(61)62/h29-32,53-54H,1-28,44H2,(H,45,57)(H,46,55)(H,47,58)(H,48,63)(H,49,64)(H,50,56)(H,51,59)(H,52,60)(H,61,62)(H,65,66)(H,67,68)/t29-,30-,31-,32-/m0/s1. The van der Waals surface area contributed by atoms with Gasteiger partial charge in [-0.15, -0.1) is 0 Å². The van der Waals surface area contributed by atoms with E-state index in [1.165, 1.54) is 25.7 Å². The van der Waals surface area contributed by atoms with E-state index in [-0.39, 0.29) is 38.6 Å². The summed E-state index contributed by atoms with van der Waals surface area (Å²) >= 11 is 0. The molecule has 0 unspecified atom stereocenters. The van der Waals surface area contributed by atoms with E-state index in [0.717, 1.165) is 57.8 Å². The summed E-state index contributed by atoms with van der Waals surface area (Å²) in [7, 11) is 0. The summed E-state index contributed by atoms with van der Waals surface area (Å²) < 4.78 is 0. The van der Waals surface area contributed by atoms with Crippen molar-refractivity contribution in [2.24, 2.45) is 5.73 Å². The molecule has 0 radical (unpaired) electrons. The molecule has 25 nitrogen and oxygen atoms in total. The maximum absolute atomic E-state index is 12.5. The van der Waals surface area contributed by atoms with E-state index in [1.807, 2.05) is 0 Å². The van der Waals surface area contributed by atoms with Crippen LogP contribution in [0.1, 0.15) is 135 Å². The molecule has 0 spiro atoms. The smallest absolute Gasteiger partial charge is 0.326 e. The van der Waals surface area contributed by atoms with E-state index >= 15 is 0 Å². The maximum atomic E-state index is 12.5. The van der Waals surface area contributed by atoms with Crippen molar-refractivity contribution in [1.82, 2.24) is 42.5 Å². The summed E-state index contributed by atoms with van der Waals surface area (Å²) in [4.78, 5) is 131. The molecule has 0 rings (SSSR count). The van der Waals surface area contributed by atoms with E-state index in [9.17, 15) is 68.1 Å². The average Bonchev–Trinajstić information content (AvgIpc) is 3.30. The van der Waals surface area contributed by atoms with Crippen LogP contribution in [0, 0.1) is 0 Å². The van der Waals surface area contributed by atoms with Gasteiger partial charge in [0.1, 0.15) is 24.2 Å². The number of hydrogen-bond donors (Lipinski definition) is 14. The highest BCUT2D eigenvalue weighted by Crippen LogP contribution is 2.14. The average molecular weight is 974 g/mol. The molecule has 4 atom stereocenters. The first kappa shape index (κ1) is 62.1. The number of aliphatic carboxylic acids is 3. The van der Waals surface area contributed by atoms with Crippen molar-refractivity contribution >= 4 is 65.2 Å². The first-order valence-electron chi connectivity index (χ1n) is 23.3. The molecule has 0 aliphatic carbocycles. The van der Waals surface area contributed by atoms with Crippen LogP contribution in [0.25, 0.3) is 0 Å². The van der Waals surface area contributed by atoms with Crippen LogP contribution < -0.4 is 48.3 Å². The summed E-state index contributed by atoms with van der Waals surface area (Å²) in [6, 6.07) is -5.49. The predicted octanol–water partition coefficient (Wildman–Crippen LogP) is -2.22. The minimum Gasteiger partial charge on any atom is -0.481 e. The highest BCUT2D eigenvalue weighted by molar-refractivity contribution is 5.94. The van der Waals surface area contributed by atoms with Gasteiger partial charge >= 0.3 is 17.9 Å². The van der Waals surface area contributed by atoms with Gasteiger partial charge in [0.2, 0.25) is 47.3 Å². The zero-order valence-electron chi connectivity index (χ0n) is 38.9. The molecule has 0 aromatic carbocycles. The van der Waals surface area contributed by atoms with Gasteiger partial charge in [0.15, 0.2) is 0 Å². The van der Waals surface area contributed by atoms with Crippen LogP contribution in [0.2, 0.25) is 0 Å². The molecule has 388 valence electrons. The second-order valence-electron chi connectivity index (χ2n) is 16.2. The number of unbranched alkanes of at least 4 members (excludes halogenated alkanes) is 14. The van der Waals surface area contributed by atoms with Gasteiger partial charge < -0.3 is 73.8 Å². The molecule has 0 aliphatic heterocycles. The molecule has 0 aromatic heterocycles. The summed E-state index contributed by atoms with van der Waals surface area (Å²) in [6.07, 6.45) is 15.1. The quantitative estimate of drug-likeness (QED) is 0.0288. The molecule has 0 bridgehead atoms. The fraction of sp³-hybridized carbons (Fsp3) is 0.744. The Hall–Kier alpha value is -5.95. The van der Waals surface area contributed by atoms with Gasteiger partial charge in [-0.2, -0.15) is 0 Å². The number of aliphatic hydroxyl groups excluding tert-OH is 2. The first-order valence-corrected chi connectivity index (χ1v) is 23.3. The Bertz CT molecular complexity index is 1600. The Balaban J connectivity index is 4.33. The minimum atomic E-state index is -1.58. The van der Waals surface area contributed by atoms with Crippen LogP contribution in [-0.2, 0) is 52.7 Å². The molecular weight excluding hydrogens is 899 g/mol. The number of nitrogens with one attached hydrogen (secondary N) is 8. The van der Waals surface area contributed by atoms with E-state index < -0.39 is 129 Å². The maximum Gasteiger partial charge on any atom is 0.326 e. The fourth-order valence-electron chi connectivity index (χ4n) is 6.35. The summed E-state index contributed by atoms with van der Waals surface area (Å²) in [5.41, 5.74) is 5.40. The molecular formula is C43H75N9O16. The van der Waals surface area contributed by atoms with Gasteiger partial charge in [0, 0.05) is 25.8 Å². The second-order valence-corrected chi connectivity index (χ2v) is 16.2. The van der Waals surface area contributed by atoms with Crippen LogP contribution in [-0.4, -0.2) is 161 Å². The van der Waals surface area contributed by atoms with Crippen molar-refractivity contribution in [3.63, 3.8) is 0 Å². The van der Waals surface area contributed by atoms with E-state index in [2.05, 4.69) is 42.5 Å². The van der Waals surface area contributed by atoms with Gasteiger partial charge in [-0.05, 0) is 38.5 Å². The third kappa shape index (κ3) is 34.4. The lowest BCUT2D eigenvalue weighted by Crippen LogP contribution is -2.55. The van der Waals surface area contributed by atoms with Crippen molar-refractivity contribution in [1.29, 1.82) is 0 Å². The third-order valence-electron chi connectivity index (χ3n) is 10.3. The molecule has 0 saturated carbocycles. The van der Waals surface area contributed by atoms with E-state index in [0.29, 0.717) is 19.3 Å². The number of carbonyl (C=O) groups is 11. The lowest BCUT2D eigenvalue weighted by atomic mass is 10.0. The number of amides is 8. The van der Waals surface area contributed by atoms with Crippen LogP contribution in [0.15, 0.2) is 0 Å². The highest BCUT2D eigenvalue weighted by Gasteiger charge is 2.25. The van der Waals surface area contributed by atoms with Gasteiger partial charge in [0.05, 0.1) is 39.4 Å². The summed E-state index contributed by atoms with van der Waals surface area (Å²) in [5.74, 6) is -9.66. The summed E-state index contributed by atoms with van der Waals surface area (Å²) in [6.45, 7) is -4.14. The normalized spacial score (nSPS) is 12.5. The Labute approximate surface area is 396 Å². The van der Waals surface area contributed by atoms with Crippen LogP contribution in [0.3, 0.4) is 0 Å². The van der Waals surface area contributed by atoms with Crippen molar-refractivity contribution in [2.75, 3.05) is 45.9 Å². The predicted molar refractivity (Wildman–Crippen MR) is 243 cm³/mol. The van der Waals surface area contributed by atoms with Crippen molar-refractivity contribution < 1.29 is 78.3 Å². The number of carboxylic acid groups (broad SMARTS) is 3. The third-order valence-corrected chi connectivity index (χ3v) is 10.3. The van der Waals surface area contributed by atoms with Gasteiger partial charge in [0.25, 0.3) is 0 Å². The van der Waals surface area contributed by atoms with Crippen LogP contribution in [0.4, 0.5) is 0 Å². The lowest BCUT2D eigenvalue weighted by Gasteiger charge is -2.18. The van der Waals surface area contributed by atoms with Gasteiger partial charge in [-0.1, -0.05) is 77.0 Å². The van der Waals surface area contributed by atoms with E-state index in [1.54, 1.807) is 0 Å². The van der Waals surface area contributed by atoms with Gasteiger partial charge in [-0.3, -0.25) is 47.9 Å². The first-order chi connectivity index (χ1) is 32.4. The van der Waals surface area contributed by atoms with Crippen LogP contribution in [0.5, 0.6) is 0 Å². The van der Waals surface area contributed by atoms with Crippen LogP contribution >= 0.6 is 0 Å². The molecule has 0 saturated heterocycles. The second kappa shape index (κ2) is 39.1. The fourth-order valence-corrected chi connectivity index (χ4v) is 6.35. The van der Waals surface area contributed by atoms with Gasteiger partial charge in [-0.25, -0.2) is 4.79 Å². The molecule has 68 heavy (non-hydrogen) atoms. The SMILES string of the molecule is N[C@@H](CCCCNC(=O)CNC(=O)CNC(=O)[C@H](CO)NC(=O)CNC(=O)[C@H](CO)NC(=O)CNC(=O)CC[C@H](NC(=O)CCCCCCCCCCCCCCCCC(=O)O)C(=O)O)C(=O)O. The molecule has 15 N–H and O–H groups in total. The topological polar surface area (TPSA) is 411 Å². The number of aliphatic hydroxyl groups is 2. The summed E-state index contributed by atoms with van der Waals surface area (Å²) in [5, 5.41) is 64.1. The molecule has 0 fully saturated rings. The minimum absolute atomic E-state index is 0.130. The Morgan fingerprint density at radius 3 is 1.22 bits per heavy atom. The number of carbonyl (C=O) groups excluding carboxylic acids is 8. The Morgan fingerprint density at radius 2 is 0.765 bits per heavy atom. The molecule has 8 amide bonds. The number of rotatable bonds is 42. The number of hydrogen-bond acceptors (Lipinski definition) is 14. The Morgan fingerprint density at radius 1 is 0.368 bits per heavy atom. The largest absolute Gasteiger partial charge is 0.481 e. The molecule has 0 aliphatic rings. The number of carboxylic acids is 3. The molecule has 0 heterocycles. The van der Waals surface area contributed by atoms with E-state index in [4.69, 9.17) is 15.9 Å². The van der Waals surface area contributed by atoms with Crippen molar-refractivity contribution in [2.45, 2.75) is 159 Å². The number of nitrogens with two attached hydrogens (primary N) is 1. The zero-order valence-corrected chi connectivity index (χ0v) is 38.9. The highest BCUT2D eigenvalue weighted by atomic mass is 16.4. The lowest BCUT2D eigenvalue weighted by molar-refractivity contribution is -0.142. The van der Waals surface area contributed by atoms with Crippen molar-refractivity contribution in [3.05, 3.63) is 0 Å². The molecule has 0 aromatic rings. The Kier molecular flexibility index (Phi) is 35.7. The monoisotopic (exact) mass is 974 g/mol. The van der Waals surface area contributed by atoms with Crippen molar-refractivity contribution in [3.8, 4) is 0 Å².